The van der Waals surface area contributed by atoms with Crippen LogP contribution in [-0.2, 0) is 6.42 Å². The van der Waals surface area contributed by atoms with Gasteiger partial charge >= 0.3 is 0 Å². The fourth-order valence-corrected chi connectivity index (χ4v) is 2.47. The van der Waals surface area contributed by atoms with Crippen molar-refractivity contribution in [3.05, 3.63) is 45.4 Å². The second kappa shape index (κ2) is 5.97. The van der Waals surface area contributed by atoms with Gasteiger partial charge in [0.2, 0.25) is 0 Å². The van der Waals surface area contributed by atoms with Gasteiger partial charge in [-0.25, -0.2) is 4.98 Å². The molecular formula is C12H12BrN3OS. The molecule has 0 bridgehead atoms. The summed E-state index contributed by atoms with van der Waals surface area (Å²) in [6, 6.07) is 7.28. The maximum Gasteiger partial charge on any atom is 0.251 e. The average Bonchev–Trinajstić information content (AvgIpc) is 2.75. The Morgan fingerprint density at radius 2 is 2.33 bits per heavy atom. The lowest BCUT2D eigenvalue weighted by molar-refractivity contribution is 0.0954. The Balaban J connectivity index is 1.85. The van der Waals surface area contributed by atoms with Crippen LogP contribution in [0.4, 0.5) is 5.13 Å². The summed E-state index contributed by atoms with van der Waals surface area (Å²) in [6.07, 6.45) is 0.688. The van der Waals surface area contributed by atoms with Gasteiger partial charge in [0.05, 0.1) is 5.69 Å². The van der Waals surface area contributed by atoms with E-state index in [1.54, 1.807) is 12.1 Å². The van der Waals surface area contributed by atoms with Gasteiger partial charge < -0.3 is 11.1 Å². The summed E-state index contributed by atoms with van der Waals surface area (Å²) < 4.78 is 0.891. The molecule has 0 unspecified atom stereocenters. The summed E-state index contributed by atoms with van der Waals surface area (Å²) in [6.45, 7) is 0.550. The van der Waals surface area contributed by atoms with E-state index >= 15 is 0 Å². The number of hydrogen-bond donors (Lipinski definition) is 2. The summed E-state index contributed by atoms with van der Waals surface area (Å²) in [5, 5.41) is 5.31. The third-order valence-electron chi connectivity index (χ3n) is 2.32. The number of aromatic nitrogens is 1. The molecule has 2 rings (SSSR count). The zero-order valence-electron chi connectivity index (χ0n) is 9.52. The van der Waals surface area contributed by atoms with Crippen LogP contribution in [0.1, 0.15) is 16.1 Å². The highest BCUT2D eigenvalue weighted by molar-refractivity contribution is 9.10. The fraction of sp³-hybridized carbons (Fsp3) is 0.167. The Hall–Kier alpha value is -1.40. The predicted octanol–water partition coefficient (Wildman–Crippen LogP) is 2.46. The van der Waals surface area contributed by atoms with Crippen molar-refractivity contribution in [2.75, 3.05) is 12.3 Å². The van der Waals surface area contributed by atoms with Crippen LogP contribution in [0.25, 0.3) is 0 Å². The Kier molecular flexibility index (Phi) is 4.33. The molecule has 0 aliphatic rings. The number of nitrogens with zero attached hydrogens (tertiary/aromatic N) is 1. The highest BCUT2D eigenvalue weighted by Gasteiger charge is 2.05. The van der Waals surface area contributed by atoms with E-state index in [0.717, 1.165) is 10.2 Å². The van der Waals surface area contributed by atoms with Crippen LogP contribution in [0.2, 0.25) is 0 Å². The zero-order chi connectivity index (χ0) is 13.0. The quantitative estimate of drug-likeness (QED) is 0.907. The number of thiazole rings is 1. The first kappa shape index (κ1) is 13.0. The number of benzene rings is 1. The van der Waals surface area contributed by atoms with E-state index in [9.17, 15) is 4.79 Å². The van der Waals surface area contributed by atoms with Gasteiger partial charge in [-0.05, 0) is 18.2 Å². The maximum absolute atomic E-state index is 11.8. The van der Waals surface area contributed by atoms with E-state index in [1.165, 1.54) is 11.3 Å². The number of halogens is 1. The van der Waals surface area contributed by atoms with Crippen LogP contribution in [0.15, 0.2) is 34.1 Å². The molecule has 2 aromatic rings. The van der Waals surface area contributed by atoms with Gasteiger partial charge in [0, 0.05) is 28.4 Å². The molecule has 1 amide bonds. The molecule has 1 aromatic heterocycles. The Labute approximate surface area is 117 Å². The standard InChI is InChI=1S/C12H12BrN3OS/c13-9-3-1-2-8(6-9)11(17)15-5-4-10-7-18-12(14)16-10/h1-3,6-7H,4-5H2,(H2,14,16)(H,15,17). The second-order valence-electron chi connectivity index (χ2n) is 3.69. The number of carbonyl (C=O) groups is 1. The Morgan fingerprint density at radius 3 is 3.00 bits per heavy atom. The third kappa shape index (κ3) is 3.54. The number of nitrogen functional groups attached to an aromatic ring is 1. The van der Waals surface area contributed by atoms with E-state index in [2.05, 4.69) is 26.2 Å². The minimum atomic E-state index is -0.0838. The lowest BCUT2D eigenvalue weighted by Crippen LogP contribution is -2.25. The van der Waals surface area contributed by atoms with Crippen molar-refractivity contribution < 1.29 is 4.79 Å². The van der Waals surface area contributed by atoms with E-state index < -0.39 is 0 Å². The van der Waals surface area contributed by atoms with Gasteiger partial charge in [-0.2, -0.15) is 0 Å². The molecule has 0 fully saturated rings. The highest BCUT2D eigenvalue weighted by Crippen LogP contribution is 2.12. The third-order valence-corrected chi connectivity index (χ3v) is 3.54. The van der Waals surface area contributed by atoms with E-state index in [1.807, 2.05) is 17.5 Å². The first-order valence-electron chi connectivity index (χ1n) is 5.39. The molecule has 18 heavy (non-hydrogen) atoms. The number of rotatable bonds is 4. The monoisotopic (exact) mass is 325 g/mol. The van der Waals surface area contributed by atoms with Gasteiger partial charge in [-0.1, -0.05) is 22.0 Å². The second-order valence-corrected chi connectivity index (χ2v) is 5.50. The number of amides is 1. The lowest BCUT2D eigenvalue weighted by atomic mass is 10.2. The molecular weight excluding hydrogens is 314 g/mol. The normalized spacial score (nSPS) is 10.3. The molecule has 4 nitrogen and oxygen atoms in total. The topological polar surface area (TPSA) is 68.0 Å². The number of carbonyl (C=O) groups excluding carboxylic acids is 1. The Morgan fingerprint density at radius 1 is 1.50 bits per heavy atom. The molecule has 0 atom stereocenters. The molecule has 0 saturated carbocycles. The van der Waals surface area contributed by atoms with Crippen molar-refractivity contribution in [2.24, 2.45) is 0 Å². The van der Waals surface area contributed by atoms with Crippen LogP contribution in [-0.4, -0.2) is 17.4 Å². The molecule has 0 aliphatic carbocycles. The predicted molar refractivity (Wildman–Crippen MR) is 76.7 cm³/mol. The van der Waals surface area contributed by atoms with Crippen molar-refractivity contribution in [3.8, 4) is 0 Å². The van der Waals surface area contributed by atoms with Gasteiger partial charge in [-0.15, -0.1) is 11.3 Å². The summed E-state index contributed by atoms with van der Waals surface area (Å²) in [7, 11) is 0. The average molecular weight is 326 g/mol. The molecule has 0 aliphatic heterocycles. The van der Waals surface area contributed by atoms with Crippen molar-refractivity contribution in [3.63, 3.8) is 0 Å². The molecule has 1 aromatic carbocycles. The minimum Gasteiger partial charge on any atom is -0.375 e. The number of nitrogens with two attached hydrogens (primary N) is 1. The molecule has 0 spiro atoms. The molecule has 6 heteroatoms. The molecule has 1 heterocycles. The van der Waals surface area contributed by atoms with Gasteiger partial charge in [0.15, 0.2) is 5.13 Å². The van der Waals surface area contributed by atoms with Crippen molar-refractivity contribution >= 4 is 38.3 Å². The molecule has 0 saturated heterocycles. The number of nitrogens with one attached hydrogen (secondary N) is 1. The van der Waals surface area contributed by atoms with Gasteiger partial charge in [0.1, 0.15) is 0 Å². The highest BCUT2D eigenvalue weighted by atomic mass is 79.9. The van der Waals surface area contributed by atoms with Crippen molar-refractivity contribution in [2.45, 2.75) is 6.42 Å². The van der Waals surface area contributed by atoms with Crippen LogP contribution < -0.4 is 11.1 Å². The largest absolute Gasteiger partial charge is 0.375 e. The van der Waals surface area contributed by atoms with Crippen LogP contribution in [0, 0.1) is 0 Å². The van der Waals surface area contributed by atoms with Crippen molar-refractivity contribution in [1.82, 2.24) is 10.3 Å². The zero-order valence-corrected chi connectivity index (χ0v) is 11.9. The smallest absolute Gasteiger partial charge is 0.251 e. The van der Waals surface area contributed by atoms with E-state index in [0.29, 0.717) is 23.7 Å². The summed E-state index contributed by atoms with van der Waals surface area (Å²) >= 11 is 4.74. The number of hydrogen-bond acceptors (Lipinski definition) is 4. The fourth-order valence-electron chi connectivity index (χ4n) is 1.47. The summed E-state index contributed by atoms with van der Waals surface area (Å²) in [4.78, 5) is 15.9. The van der Waals surface area contributed by atoms with Crippen LogP contribution in [0.3, 0.4) is 0 Å². The number of anilines is 1. The van der Waals surface area contributed by atoms with E-state index in [-0.39, 0.29) is 5.91 Å². The van der Waals surface area contributed by atoms with Crippen LogP contribution in [0.5, 0.6) is 0 Å². The first-order chi connectivity index (χ1) is 8.65. The summed E-state index contributed by atoms with van der Waals surface area (Å²) in [5.74, 6) is -0.0838. The Bertz CT molecular complexity index is 556. The van der Waals surface area contributed by atoms with E-state index in [4.69, 9.17) is 5.73 Å². The molecule has 3 N–H and O–H groups in total. The maximum atomic E-state index is 11.8. The summed E-state index contributed by atoms with van der Waals surface area (Å²) in [5.41, 5.74) is 7.08. The first-order valence-corrected chi connectivity index (χ1v) is 7.06. The van der Waals surface area contributed by atoms with Gasteiger partial charge in [-0.3, -0.25) is 4.79 Å². The van der Waals surface area contributed by atoms with Crippen molar-refractivity contribution in [1.29, 1.82) is 0 Å². The van der Waals surface area contributed by atoms with Crippen LogP contribution >= 0.6 is 27.3 Å². The SMILES string of the molecule is Nc1nc(CCNC(=O)c2cccc(Br)c2)cs1. The van der Waals surface area contributed by atoms with Gasteiger partial charge in [0.25, 0.3) is 5.91 Å². The molecule has 0 radical (unpaired) electrons. The lowest BCUT2D eigenvalue weighted by Gasteiger charge is -2.04. The molecule has 94 valence electrons. The minimum absolute atomic E-state index is 0.0838.